The molecule has 0 spiro atoms. The van der Waals surface area contributed by atoms with Gasteiger partial charge in [0.25, 0.3) is 5.91 Å². The van der Waals surface area contributed by atoms with Gasteiger partial charge in [0, 0.05) is 11.1 Å². The van der Waals surface area contributed by atoms with Crippen molar-refractivity contribution in [2.45, 2.75) is 11.8 Å². The van der Waals surface area contributed by atoms with E-state index in [-0.39, 0.29) is 27.8 Å². The number of furan rings is 1. The average Bonchev–Trinajstić information content (AvgIpc) is 3.45. The monoisotopic (exact) mass is 471 g/mol. The van der Waals surface area contributed by atoms with E-state index in [0.717, 1.165) is 0 Å². The summed E-state index contributed by atoms with van der Waals surface area (Å²) < 4.78 is 31.3. The van der Waals surface area contributed by atoms with Crippen molar-refractivity contribution in [1.82, 2.24) is 9.78 Å². The van der Waals surface area contributed by atoms with Crippen LogP contribution < -0.4 is 5.32 Å². The lowest BCUT2D eigenvalue weighted by Crippen LogP contribution is -2.14. The van der Waals surface area contributed by atoms with E-state index in [9.17, 15) is 18.3 Å². The molecule has 0 aliphatic carbocycles. The third-order valence-electron chi connectivity index (χ3n) is 4.74. The summed E-state index contributed by atoms with van der Waals surface area (Å²) in [5.41, 5.74) is 1.17. The summed E-state index contributed by atoms with van der Waals surface area (Å²) in [6.07, 6.45) is 1.51. The third kappa shape index (κ3) is 4.25. The molecular formula is C22H18ClN3O5S. The van der Waals surface area contributed by atoms with Crippen LogP contribution in [-0.4, -0.2) is 35.0 Å². The van der Waals surface area contributed by atoms with E-state index in [4.69, 9.17) is 16.0 Å². The lowest BCUT2D eigenvalue weighted by atomic mass is 10.2. The van der Waals surface area contributed by atoms with Crippen molar-refractivity contribution < 1.29 is 22.7 Å². The second kappa shape index (κ2) is 8.52. The summed E-state index contributed by atoms with van der Waals surface area (Å²) in [4.78, 5) is 12.9. The number of phenolic OH excluding ortho intramolecular Hbond substituents is 1. The van der Waals surface area contributed by atoms with Gasteiger partial charge in [-0.25, -0.2) is 13.1 Å². The van der Waals surface area contributed by atoms with Crippen molar-refractivity contribution >= 4 is 33.0 Å². The number of anilines is 1. The molecule has 0 saturated heterocycles. The van der Waals surface area contributed by atoms with Crippen molar-refractivity contribution in [2.24, 2.45) is 0 Å². The summed E-state index contributed by atoms with van der Waals surface area (Å²) in [6, 6.07) is 15.6. The van der Waals surface area contributed by atoms with Crippen molar-refractivity contribution in [1.29, 1.82) is 0 Å². The van der Waals surface area contributed by atoms with Crippen LogP contribution in [0.3, 0.4) is 0 Å². The maximum Gasteiger partial charge on any atom is 0.276 e. The molecule has 0 aliphatic heterocycles. The van der Waals surface area contributed by atoms with Gasteiger partial charge in [-0.15, -0.1) is 0 Å². The van der Waals surface area contributed by atoms with Gasteiger partial charge in [-0.2, -0.15) is 5.10 Å². The number of nitrogens with zero attached hydrogens (tertiary/aromatic N) is 2. The van der Waals surface area contributed by atoms with Gasteiger partial charge in [-0.1, -0.05) is 18.5 Å². The molecule has 0 fully saturated rings. The normalized spacial score (nSPS) is 11.4. The largest absolute Gasteiger partial charge is 0.506 e. The highest BCUT2D eigenvalue weighted by atomic mass is 35.5. The maximum absolute atomic E-state index is 12.9. The van der Waals surface area contributed by atoms with Crippen molar-refractivity contribution in [3.05, 3.63) is 77.6 Å². The van der Waals surface area contributed by atoms with Gasteiger partial charge in [0.15, 0.2) is 21.3 Å². The predicted octanol–water partition coefficient (Wildman–Crippen LogP) is 4.54. The first-order valence-corrected chi connectivity index (χ1v) is 11.6. The standard InChI is InChI=1S/C22H18ClN3O5S/c1-2-32(29,30)16-9-10-20(27)17(12-16)24-22(28)18-13-19(21-4-3-11-31-21)26(25-18)15-7-5-14(23)6-8-15/h3-13,27H,2H2,1H3,(H,24,28). The highest BCUT2D eigenvalue weighted by molar-refractivity contribution is 7.91. The minimum atomic E-state index is -3.52. The molecule has 0 saturated carbocycles. The smallest absolute Gasteiger partial charge is 0.276 e. The number of aromatic hydroxyl groups is 1. The molecule has 0 radical (unpaired) electrons. The van der Waals surface area contributed by atoms with E-state index >= 15 is 0 Å². The van der Waals surface area contributed by atoms with Crippen molar-refractivity contribution in [3.63, 3.8) is 0 Å². The van der Waals surface area contributed by atoms with Crippen LogP contribution in [0.5, 0.6) is 5.75 Å². The summed E-state index contributed by atoms with van der Waals surface area (Å²) in [5, 5.41) is 17.6. The molecule has 2 heterocycles. The van der Waals surface area contributed by atoms with Gasteiger partial charge in [0.2, 0.25) is 0 Å². The highest BCUT2D eigenvalue weighted by Gasteiger charge is 2.20. The van der Waals surface area contributed by atoms with Gasteiger partial charge in [-0.3, -0.25) is 4.79 Å². The zero-order valence-corrected chi connectivity index (χ0v) is 18.4. The number of nitrogens with one attached hydrogen (secondary N) is 1. The maximum atomic E-state index is 12.9. The Hall–Kier alpha value is -3.56. The molecule has 0 unspecified atom stereocenters. The highest BCUT2D eigenvalue weighted by Crippen LogP contribution is 2.29. The molecule has 1 amide bonds. The summed E-state index contributed by atoms with van der Waals surface area (Å²) in [5.74, 6) is -0.516. The number of halogens is 1. The second-order valence-electron chi connectivity index (χ2n) is 6.82. The Bertz CT molecular complexity index is 1380. The van der Waals surface area contributed by atoms with Crippen LogP contribution in [0.15, 0.2) is 76.2 Å². The average molecular weight is 472 g/mol. The lowest BCUT2D eigenvalue weighted by molar-refractivity contribution is 0.102. The van der Waals surface area contributed by atoms with E-state index in [0.29, 0.717) is 22.2 Å². The van der Waals surface area contributed by atoms with Gasteiger partial charge in [0.05, 0.1) is 28.3 Å². The molecule has 8 nitrogen and oxygen atoms in total. The fourth-order valence-electron chi connectivity index (χ4n) is 3.03. The van der Waals surface area contributed by atoms with Gasteiger partial charge >= 0.3 is 0 Å². The Morgan fingerprint density at radius 2 is 1.91 bits per heavy atom. The van der Waals surface area contributed by atoms with Crippen molar-refractivity contribution in [3.8, 4) is 22.9 Å². The molecule has 0 aliphatic rings. The molecule has 164 valence electrons. The van der Waals surface area contributed by atoms with E-state index in [1.54, 1.807) is 36.4 Å². The molecule has 32 heavy (non-hydrogen) atoms. The first kappa shape index (κ1) is 21.7. The van der Waals surface area contributed by atoms with Gasteiger partial charge in [0.1, 0.15) is 11.4 Å². The minimum Gasteiger partial charge on any atom is -0.506 e. The number of benzene rings is 2. The molecule has 2 aromatic heterocycles. The zero-order chi connectivity index (χ0) is 22.9. The SMILES string of the molecule is CCS(=O)(=O)c1ccc(O)c(NC(=O)c2cc(-c3ccco3)n(-c3ccc(Cl)cc3)n2)c1. The van der Waals surface area contributed by atoms with Gasteiger partial charge < -0.3 is 14.8 Å². The fourth-order valence-corrected chi connectivity index (χ4v) is 4.06. The quantitative estimate of drug-likeness (QED) is 0.399. The van der Waals surface area contributed by atoms with Crippen LogP contribution in [-0.2, 0) is 9.84 Å². The number of hydrogen-bond acceptors (Lipinski definition) is 6. The van der Waals surface area contributed by atoms with E-state index in [2.05, 4.69) is 10.4 Å². The van der Waals surface area contributed by atoms with Crippen LogP contribution in [0.25, 0.3) is 17.1 Å². The first-order chi connectivity index (χ1) is 15.3. The fraction of sp³-hybridized carbons (Fsp3) is 0.0909. The molecule has 4 rings (SSSR count). The minimum absolute atomic E-state index is 0.00364. The van der Waals surface area contributed by atoms with E-state index in [1.807, 2.05) is 0 Å². The van der Waals surface area contributed by atoms with E-state index < -0.39 is 15.7 Å². The number of carbonyl (C=O) groups excluding carboxylic acids is 1. The number of aromatic nitrogens is 2. The Morgan fingerprint density at radius 3 is 2.56 bits per heavy atom. The molecule has 0 atom stereocenters. The lowest BCUT2D eigenvalue weighted by Gasteiger charge is -2.09. The third-order valence-corrected chi connectivity index (χ3v) is 6.73. The van der Waals surface area contributed by atoms with Gasteiger partial charge in [-0.05, 0) is 54.6 Å². The summed E-state index contributed by atoms with van der Waals surface area (Å²) in [7, 11) is -3.52. The molecule has 4 aromatic rings. The van der Waals surface area contributed by atoms with Crippen molar-refractivity contribution in [2.75, 3.05) is 11.1 Å². The van der Waals surface area contributed by atoms with Crippen LogP contribution in [0.1, 0.15) is 17.4 Å². The molecular weight excluding hydrogens is 454 g/mol. The second-order valence-corrected chi connectivity index (χ2v) is 9.53. The molecule has 2 aromatic carbocycles. The topological polar surface area (TPSA) is 114 Å². The molecule has 10 heteroatoms. The Morgan fingerprint density at radius 1 is 1.16 bits per heavy atom. The number of amides is 1. The summed E-state index contributed by atoms with van der Waals surface area (Å²) >= 11 is 5.98. The Kier molecular flexibility index (Phi) is 5.77. The Balaban J connectivity index is 1.72. The number of phenols is 1. The van der Waals surface area contributed by atoms with Crippen LogP contribution in [0.2, 0.25) is 5.02 Å². The van der Waals surface area contributed by atoms with E-state index in [1.165, 1.54) is 42.1 Å². The zero-order valence-electron chi connectivity index (χ0n) is 16.8. The van der Waals surface area contributed by atoms with Crippen LogP contribution >= 0.6 is 11.6 Å². The molecule has 2 N–H and O–H groups in total. The number of rotatable bonds is 6. The number of hydrogen-bond donors (Lipinski definition) is 2. The Labute approximate surface area is 189 Å². The number of sulfone groups is 1. The number of carbonyl (C=O) groups is 1. The molecule has 0 bridgehead atoms. The van der Waals surface area contributed by atoms with Crippen LogP contribution in [0, 0.1) is 0 Å². The van der Waals surface area contributed by atoms with Crippen LogP contribution in [0.4, 0.5) is 5.69 Å². The predicted molar refractivity (Wildman–Crippen MR) is 120 cm³/mol. The first-order valence-electron chi connectivity index (χ1n) is 9.55. The summed E-state index contributed by atoms with van der Waals surface area (Å²) in [6.45, 7) is 1.51.